The lowest BCUT2D eigenvalue weighted by Crippen LogP contribution is -2.58. The first-order chi connectivity index (χ1) is 19.3. The summed E-state index contributed by atoms with van der Waals surface area (Å²) < 4.78 is 5.57. The Morgan fingerprint density at radius 1 is 1.10 bits per heavy atom. The highest BCUT2D eigenvalue weighted by molar-refractivity contribution is 5.92. The molecule has 3 atom stereocenters. The molecule has 3 amide bonds. The van der Waals surface area contributed by atoms with E-state index in [0.717, 1.165) is 5.56 Å². The van der Waals surface area contributed by atoms with Crippen LogP contribution in [-0.2, 0) is 20.7 Å². The summed E-state index contributed by atoms with van der Waals surface area (Å²) in [6, 6.07) is 10.4. The molecule has 3 N–H and O–H groups in total. The van der Waals surface area contributed by atoms with Crippen molar-refractivity contribution in [3.63, 3.8) is 0 Å². The second-order valence-corrected chi connectivity index (χ2v) is 11.2. The summed E-state index contributed by atoms with van der Waals surface area (Å²) >= 11 is 0. The van der Waals surface area contributed by atoms with Gasteiger partial charge < -0.3 is 25.3 Å². The topological polar surface area (TPSA) is 133 Å². The number of allylic oxidation sites excluding steroid dienone is 2. The van der Waals surface area contributed by atoms with E-state index in [1.165, 1.54) is 0 Å². The van der Waals surface area contributed by atoms with Gasteiger partial charge in [-0.2, -0.15) is 4.98 Å². The van der Waals surface area contributed by atoms with Crippen LogP contribution in [-0.4, -0.2) is 71.0 Å². The third kappa shape index (κ3) is 6.33. The molecule has 212 valence electrons. The number of ether oxygens (including phenoxy) is 1. The Labute approximate surface area is 233 Å². The molecule has 0 bridgehead atoms. The molecule has 4 heterocycles. The first-order valence-corrected chi connectivity index (χ1v) is 14.1. The predicted molar refractivity (Wildman–Crippen MR) is 148 cm³/mol. The molecule has 40 heavy (non-hydrogen) atoms. The van der Waals surface area contributed by atoms with Crippen molar-refractivity contribution in [3.05, 3.63) is 76.0 Å². The number of carbonyl (C=O) groups is 3. The second kappa shape index (κ2) is 12.2. The van der Waals surface area contributed by atoms with Crippen LogP contribution >= 0.6 is 0 Å². The fourth-order valence-electron chi connectivity index (χ4n) is 6.02. The van der Waals surface area contributed by atoms with Crippen molar-refractivity contribution in [3.8, 4) is 0 Å². The van der Waals surface area contributed by atoms with Crippen LogP contribution in [0.5, 0.6) is 0 Å². The molecule has 0 unspecified atom stereocenters. The summed E-state index contributed by atoms with van der Waals surface area (Å²) in [5.41, 5.74) is 0.496. The van der Waals surface area contributed by atoms with Crippen molar-refractivity contribution in [2.45, 2.75) is 57.5 Å². The number of amides is 3. The third-order valence-electron chi connectivity index (χ3n) is 8.40. The zero-order valence-electron chi connectivity index (χ0n) is 22.9. The quantitative estimate of drug-likeness (QED) is 0.503. The minimum Gasteiger partial charge on any atom is -0.381 e. The Balaban J connectivity index is 1.40. The van der Waals surface area contributed by atoms with Crippen LogP contribution in [0.1, 0.15) is 53.8 Å². The molecule has 0 saturated carbocycles. The van der Waals surface area contributed by atoms with Gasteiger partial charge in [0.1, 0.15) is 11.7 Å². The molecule has 10 heteroatoms. The fraction of sp³-hybridized carbons (Fsp3) is 0.500. The van der Waals surface area contributed by atoms with Gasteiger partial charge in [0.05, 0.1) is 5.41 Å². The van der Waals surface area contributed by atoms with Crippen LogP contribution in [0.15, 0.2) is 53.3 Å². The number of aromatic amines is 1. The summed E-state index contributed by atoms with van der Waals surface area (Å²) in [6.45, 7) is 3.59. The van der Waals surface area contributed by atoms with Gasteiger partial charge in [-0.05, 0) is 50.7 Å². The largest absolute Gasteiger partial charge is 0.381 e. The number of benzene rings is 1. The normalized spacial score (nSPS) is 26.0. The van der Waals surface area contributed by atoms with Crippen LogP contribution in [0, 0.1) is 18.3 Å². The van der Waals surface area contributed by atoms with Crippen molar-refractivity contribution in [2.24, 2.45) is 11.3 Å². The molecule has 1 aromatic heterocycles. The van der Waals surface area contributed by atoms with Gasteiger partial charge in [-0.25, -0.2) is 4.79 Å². The molecule has 2 fully saturated rings. The monoisotopic (exact) mass is 547 g/mol. The Bertz CT molecular complexity index is 1320. The lowest BCUT2D eigenvalue weighted by molar-refractivity contribution is -0.140. The van der Waals surface area contributed by atoms with E-state index in [1.54, 1.807) is 17.9 Å². The molecule has 3 aliphatic heterocycles. The van der Waals surface area contributed by atoms with Crippen molar-refractivity contribution >= 4 is 17.7 Å². The Morgan fingerprint density at radius 3 is 2.62 bits per heavy atom. The Morgan fingerprint density at radius 2 is 1.88 bits per heavy atom. The minimum atomic E-state index is -0.721. The van der Waals surface area contributed by atoms with E-state index in [4.69, 9.17) is 4.74 Å². The molecule has 10 nitrogen and oxygen atoms in total. The van der Waals surface area contributed by atoms with Crippen LogP contribution in [0.2, 0.25) is 0 Å². The van der Waals surface area contributed by atoms with Gasteiger partial charge in [0, 0.05) is 50.4 Å². The first kappa shape index (κ1) is 27.8. The van der Waals surface area contributed by atoms with Crippen LogP contribution in [0.4, 0.5) is 0 Å². The number of H-pyrrole nitrogens is 1. The number of likely N-dealkylation sites (tertiary alicyclic amines) is 1. The maximum atomic E-state index is 13.7. The Kier molecular flexibility index (Phi) is 8.44. The maximum absolute atomic E-state index is 13.7. The van der Waals surface area contributed by atoms with Gasteiger partial charge in [-0.1, -0.05) is 42.5 Å². The van der Waals surface area contributed by atoms with E-state index >= 15 is 0 Å². The number of aryl methyl sites for hydroxylation is 1. The van der Waals surface area contributed by atoms with Crippen LogP contribution in [0.25, 0.3) is 0 Å². The van der Waals surface area contributed by atoms with E-state index < -0.39 is 17.1 Å². The van der Waals surface area contributed by atoms with Crippen molar-refractivity contribution < 1.29 is 19.1 Å². The van der Waals surface area contributed by atoms with Gasteiger partial charge in [0.15, 0.2) is 0 Å². The SMILES string of the molecule is Cc1cc(C(=O)N2CC[C@@H]3NC(=O)[C@H](Cc4ccccc4)NC(=O)C4(C/C=C/C[C@@H]3C2)CCOCC4)nc(=O)[nH]1. The van der Waals surface area contributed by atoms with Crippen LogP contribution < -0.4 is 16.3 Å². The van der Waals surface area contributed by atoms with Gasteiger partial charge in [-0.3, -0.25) is 14.4 Å². The minimum absolute atomic E-state index is 0.0286. The van der Waals surface area contributed by atoms with E-state index in [-0.39, 0.29) is 35.4 Å². The number of hydrogen-bond acceptors (Lipinski definition) is 6. The average molecular weight is 548 g/mol. The summed E-state index contributed by atoms with van der Waals surface area (Å²) in [7, 11) is 0. The smallest absolute Gasteiger partial charge is 0.345 e. The molecular weight excluding hydrogens is 510 g/mol. The second-order valence-electron chi connectivity index (χ2n) is 11.2. The number of carbonyl (C=O) groups excluding carboxylic acids is 3. The highest BCUT2D eigenvalue weighted by Gasteiger charge is 2.42. The number of nitrogens with zero attached hydrogens (tertiary/aromatic N) is 2. The number of rotatable bonds is 3. The lowest BCUT2D eigenvalue weighted by Gasteiger charge is -2.40. The molecule has 1 spiro atoms. The number of nitrogens with one attached hydrogen (secondary N) is 3. The molecule has 2 aromatic rings. The van der Waals surface area contributed by atoms with Gasteiger partial charge in [0.2, 0.25) is 11.8 Å². The zero-order chi connectivity index (χ0) is 28.1. The summed E-state index contributed by atoms with van der Waals surface area (Å²) in [5.74, 6) is -0.635. The first-order valence-electron chi connectivity index (χ1n) is 14.1. The van der Waals surface area contributed by atoms with Crippen molar-refractivity contribution in [2.75, 3.05) is 26.3 Å². The van der Waals surface area contributed by atoms with Crippen LogP contribution in [0.3, 0.4) is 0 Å². The Hall–Kier alpha value is -3.79. The van der Waals surface area contributed by atoms with Crippen molar-refractivity contribution in [1.29, 1.82) is 0 Å². The average Bonchev–Trinajstić information content (AvgIpc) is 2.95. The third-order valence-corrected chi connectivity index (χ3v) is 8.40. The lowest BCUT2D eigenvalue weighted by atomic mass is 9.75. The number of fused-ring (bicyclic) bond motifs is 1. The van der Waals surface area contributed by atoms with E-state index in [2.05, 4.69) is 32.8 Å². The standard InChI is InChI=1S/C30H37N5O5/c1-20-17-25(34-29(39)31-20)27(37)35-14-10-23-22(19-35)9-5-6-11-30(12-15-40-16-13-30)28(38)33-24(26(36)32-23)18-21-7-3-2-4-8-21/h2-8,17,22-24H,9-16,18-19H2,1H3,(H,32,36)(H,33,38)(H,31,34,39)/b6-5+/t22-,23+,24+/m1/s1. The van der Waals surface area contributed by atoms with E-state index in [9.17, 15) is 19.2 Å². The molecule has 1 aromatic carbocycles. The summed E-state index contributed by atoms with van der Waals surface area (Å²) in [6.07, 6.45) is 7.49. The molecule has 3 aliphatic rings. The number of hydrogen-bond donors (Lipinski definition) is 3. The highest BCUT2D eigenvalue weighted by atomic mass is 16.5. The summed E-state index contributed by atoms with van der Waals surface area (Å²) in [5, 5.41) is 6.32. The fourth-order valence-corrected chi connectivity index (χ4v) is 6.02. The molecular formula is C30H37N5O5. The number of aromatic nitrogens is 2. The maximum Gasteiger partial charge on any atom is 0.345 e. The zero-order valence-corrected chi connectivity index (χ0v) is 22.9. The van der Waals surface area contributed by atoms with E-state index in [1.807, 2.05) is 30.3 Å². The van der Waals surface area contributed by atoms with Gasteiger partial charge in [0.25, 0.3) is 5.91 Å². The van der Waals surface area contributed by atoms with Gasteiger partial charge in [-0.15, -0.1) is 0 Å². The van der Waals surface area contributed by atoms with Gasteiger partial charge >= 0.3 is 5.69 Å². The highest BCUT2D eigenvalue weighted by Crippen LogP contribution is 2.36. The van der Waals surface area contributed by atoms with E-state index in [0.29, 0.717) is 70.5 Å². The summed E-state index contributed by atoms with van der Waals surface area (Å²) in [4.78, 5) is 60.7. The molecule has 0 aliphatic carbocycles. The molecule has 5 rings (SSSR count). The molecule has 0 radical (unpaired) electrons. The van der Waals surface area contributed by atoms with Crippen molar-refractivity contribution in [1.82, 2.24) is 25.5 Å². The predicted octanol–water partition coefficient (Wildman–Crippen LogP) is 1.90. The molecule has 2 saturated heterocycles. The number of piperidine rings is 1.